The molecule has 0 bridgehead atoms. The van der Waals surface area contributed by atoms with Crippen molar-refractivity contribution in [1.29, 1.82) is 10.5 Å². The van der Waals surface area contributed by atoms with Crippen molar-refractivity contribution in [3.8, 4) is 40.9 Å². The Morgan fingerprint density at radius 1 is 0.487 bits per heavy atom. The normalized spacial score (nSPS) is 9.59. The Balaban J connectivity index is 0.000000204. The molecule has 0 radical (unpaired) electrons. The maximum atomic E-state index is 10.9. The number of fused-ring (bicyclic) bond motifs is 5. The molecule has 5 aromatic heterocycles. The molecule has 0 aliphatic heterocycles. The van der Waals surface area contributed by atoms with Gasteiger partial charge in [0.2, 0.25) is 0 Å². The second-order valence-electron chi connectivity index (χ2n) is 14.9. The number of aromatic nitrogens is 5. The number of hydrazine groups is 1. The number of aromatic carboxylic acids is 2. The van der Waals surface area contributed by atoms with Gasteiger partial charge in [-0.2, -0.15) is 10.5 Å². The van der Waals surface area contributed by atoms with Crippen LogP contribution in [0.4, 0.5) is 0 Å². The van der Waals surface area contributed by atoms with E-state index in [2.05, 4.69) is 47.6 Å². The maximum absolute atomic E-state index is 10.9. The Morgan fingerprint density at radius 3 is 1.08 bits per heavy atom. The van der Waals surface area contributed by atoms with E-state index < -0.39 is 11.9 Å². The minimum Gasteiger partial charge on any atom is -0.497 e. The number of carboxylic acids is 2. The summed E-state index contributed by atoms with van der Waals surface area (Å²) >= 11 is 5.90. The molecule has 5 aromatic carbocycles. The zero-order valence-electron chi connectivity index (χ0n) is 42.4. The molecule has 10 aromatic rings. The van der Waals surface area contributed by atoms with Gasteiger partial charge < -0.3 is 45.0 Å². The number of carboxylic acid groups (broad SMARTS) is 2. The van der Waals surface area contributed by atoms with E-state index in [1.165, 1.54) is 12.4 Å². The average molecular weight is 1080 g/mol. The molecule has 4 N–H and O–H groups in total. The van der Waals surface area contributed by atoms with Crippen molar-refractivity contribution in [2.75, 3.05) is 35.5 Å². The van der Waals surface area contributed by atoms with Gasteiger partial charge in [-0.1, -0.05) is 11.6 Å². The van der Waals surface area contributed by atoms with Crippen molar-refractivity contribution in [2.24, 2.45) is 10.5 Å². The number of methoxy groups -OCH3 is 5. The van der Waals surface area contributed by atoms with Crippen LogP contribution in [-0.4, -0.2) is 82.6 Å². The van der Waals surface area contributed by atoms with Crippen LogP contribution in [0.15, 0.2) is 163 Å². The van der Waals surface area contributed by atoms with E-state index in [0.717, 1.165) is 60.3 Å². The van der Waals surface area contributed by atoms with Crippen LogP contribution in [0.25, 0.3) is 59.4 Å². The third-order valence-corrected chi connectivity index (χ3v) is 10.9. The van der Waals surface area contributed by atoms with Crippen LogP contribution in [0.1, 0.15) is 32.4 Å². The fraction of sp³-hybridized carbons (Fsp3) is 0.0926. The van der Waals surface area contributed by atoms with E-state index in [4.69, 9.17) is 66.5 Å². The predicted molar refractivity (Wildman–Crippen MR) is 288 cm³/mol. The van der Waals surface area contributed by atoms with Crippen LogP contribution in [0, 0.1) is 27.6 Å². The fourth-order valence-corrected chi connectivity index (χ4v) is 7.17. The van der Waals surface area contributed by atoms with Crippen LogP contribution in [-0.2, 0) is 0 Å². The number of benzene rings is 5. The molecule has 0 fully saturated rings. The Kier molecular flexibility index (Phi) is 24.2. The van der Waals surface area contributed by atoms with E-state index in [0.29, 0.717) is 38.8 Å². The molecule has 24 heteroatoms. The molecule has 0 saturated carbocycles. The van der Waals surface area contributed by atoms with Gasteiger partial charge in [0.15, 0.2) is 11.4 Å². The van der Waals surface area contributed by atoms with E-state index in [9.17, 15) is 9.59 Å². The molecule has 10 rings (SSSR count). The summed E-state index contributed by atoms with van der Waals surface area (Å²) in [5.74, 6) is 1.75. The fourth-order valence-electron chi connectivity index (χ4n) is 6.94. The van der Waals surface area contributed by atoms with Crippen LogP contribution in [0.3, 0.4) is 0 Å². The van der Waals surface area contributed by atoms with E-state index in [-0.39, 0.29) is 40.9 Å². The minimum absolute atomic E-state index is 0. The third kappa shape index (κ3) is 16.6. The van der Waals surface area contributed by atoms with Crippen molar-refractivity contribution >= 4 is 77.4 Å². The van der Waals surface area contributed by atoms with Crippen LogP contribution < -0.4 is 64.3 Å². The molecule has 0 spiro atoms. The second-order valence-corrected chi connectivity index (χ2v) is 15.3. The van der Waals surface area contributed by atoms with Gasteiger partial charge in [-0.25, -0.2) is 40.0 Å². The van der Waals surface area contributed by atoms with Crippen molar-refractivity contribution in [1.82, 2.24) is 36.0 Å². The molecule has 0 unspecified atom stereocenters. The van der Waals surface area contributed by atoms with Gasteiger partial charge in [0, 0.05) is 57.9 Å². The largest absolute Gasteiger partial charge is 1.00 e. The van der Waals surface area contributed by atoms with E-state index >= 15 is 0 Å². The summed E-state index contributed by atoms with van der Waals surface area (Å²) in [5, 5.41) is 48.8. The number of nitriles is 2. The van der Waals surface area contributed by atoms with E-state index in [1.54, 1.807) is 114 Å². The Labute approximate surface area is 471 Å². The number of nitrogens with one attached hydrogen (secondary N) is 2. The molecular formula is C54H44ClN12NaO10. The zero-order chi connectivity index (χ0) is 55.7. The van der Waals surface area contributed by atoms with Crippen LogP contribution >= 0.6 is 11.6 Å². The Bertz CT molecular complexity index is 3590. The second kappa shape index (κ2) is 31.1. The SMILES string of the molecule is COc1ccc2c(C#N)nccc2c1.COc1ccc2c(C#N)nccc2c1.COc1ccc2c(C(=O)O)nccc2c1.COc1ccc2c(C(=O)O)nccc2c1.COc1ccc2c(Cl)nccc2c1.[N-]=NNNN=O.[Na+]. The number of rotatable bonds is 10. The van der Waals surface area contributed by atoms with Gasteiger partial charge >= 0.3 is 41.5 Å². The third-order valence-electron chi connectivity index (χ3n) is 10.6. The number of hydrogen-bond acceptors (Lipinski definition) is 17. The van der Waals surface area contributed by atoms with Gasteiger partial charge in [-0.3, -0.25) is 5.22 Å². The van der Waals surface area contributed by atoms with Gasteiger partial charge in [-0.05, 0) is 148 Å². The molecule has 0 aliphatic carbocycles. The summed E-state index contributed by atoms with van der Waals surface area (Å²) in [5.41, 5.74) is 11.7. The molecule has 0 aliphatic rings. The molecule has 0 amide bonds. The van der Waals surface area contributed by atoms with Crippen molar-refractivity contribution < 1.29 is 73.0 Å². The maximum Gasteiger partial charge on any atom is 1.00 e. The minimum atomic E-state index is -1.02. The number of hydrogen-bond donors (Lipinski definition) is 4. The topological polar surface area (TPSA) is 321 Å². The first-order chi connectivity index (χ1) is 37.4. The average Bonchev–Trinajstić information content (AvgIpc) is 3.48. The first-order valence-electron chi connectivity index (χ1n) is 22.1. The first kappa shape index (κ1) is 60.7. The molecule has 0 saturated heterocycles. The van der Waals surface area contributed by atoms with Crippen molar-refractivity contribution in [3.63, 3.8) is 0 Å². The molecule has 78 heavy (non-hydrogen) atoms. The van der Waals surface area contributed by atoms with Gasteiger partial charge in [-0.15, -0.1) is 4.91 Å². The standard InChI is InChI=1S/2C11H8N2O.2C11H9NO3.C10H8ClNO.H2N5O.Na/c2*1-14-9-2-3-10-8(6-9)4-5-13-11(10)7-12;2*1-15-8-2-3-9-7(6-8)4-5-12-10(9)11(13)14;1-13-8-2-3-9-7(6-8)4-5-12-10(9)11;1-2-3-4-5-6;/h2*2-6H,1H3;2*2-6H,1H3,(H,13,14);2-6H,1H3;(H2-,1,2,3,4,5,6);/q;;;;;-1;+1. The zero-order valence-corrected chi connectivity index (χ0v) is 45.2. The number of ether oxygens (including phenoxy) is 5. The molecule has 22 nitrogen and oxygen atoms in total. The van der Waals surface area contributed by atoms with Crippen LogP contribution in [0.2, 0.25) is 5.15 Å². The number of nitroso groups, excluding NO2 is 1. The smallest absolute Gasteiger partial charge is 0.497 e. The Morgan fingerprint density at radius 2 is 0.782 bits per heavy atom. The first-order valence-corrected chi connectivity index (χ1v) is 22.5. The number of halogens is 1. The molecular weight excluding hydrogens is 1040 g/mol. The number of nitrogens with zero attached hydrogens (tertiary/aromatic N) is 10. The molecule has 0 atom stereocenters. The van der Waals surface area contributed by atoms with Crippen molar-refractivity contribution in [2.45, 2.75) is 0 Å². The van der Waals surface area contributed by atoms with Crippen LogP contribution in [0.5, 0.6) is 28.7 Å². The van der Waals surface area contributed by atoms with Gasteiger partial charge in [0.1, 0.15) is 57.4 Å². The number of pyridine rings is 5. The summed E-state index contributed by atoms with van der Waals surface area (Å²) < 4.78 is 25.4. The summed E-state index contributed by atoms with van der Waals surface area (Å²) in [6.07, 6.45) is 7.89. The number of carbonyl (C=O) groups is 2. The quantitative estimate of drug-likeness (QED) is 0.0254. The molecule has 388 valence electrons. The predicted octanol–water partition coefficient (Wildman–Crippen LogP) is 7.71. The summed E-state index contributed by atoms with van der Waals surface area (Å²) in [6.45, 7) is 0. The van der Waals surface area contributed by atoms with E-state index in [1.807, 2.05) is 72.8 Å². The van der Waals surface area contributed by atoms with Gasteiger partial charge in [0.25, 0.3) is 0 Å². The summed E-state index contributed by atoms with van der Waals surface area (Å²) in [6, 6.07) is 40.5. The molecule has 5 heterocycles. The Hall–Kier alpha value is -9.84. The summed E-state index contributed by atoms with van der Waals surface area (Å²) in [7, 11) is 8.02. The monoisotopic (exact) mass is 1080 g/mol. The summed E-state index contributed by atoms with van der Waals surface area (Å²) in [4.78, 5) is 50.3. The van der Waals surface area contributed by atoms with Gasteiger partial charge in [0.05, 0.1) is 40.8 Å². The van der Waals surface area contributed by atoms with Crippen molar-refractivity contribution in [3.05, 3.63) is 191 Å².